The van der Waals surface area contributed by atoms with Gasteiger partial charge in [0, 0.05) is 16.6 Å². The topological polar surface area (TPSA) is 12.0 Å². The molecule has 0 aliphatic carbocycles. The Morgan fingerprint density at radius 1 is 0.857 bits per heavy atom. The van der Waals surface area contributed by atoms with E-state index in [1.807, 2.05) is 0 Å². The predicted octanol–water partition coefficient (Wildman–Crippen LogP) is 5.79. The molecule has 0 saturated carbocycles. The summed E-state index contributed by atoms with van der Waals surface area (Å²) in [4.78, 5) is 0. The van der Waals surface area contributed by atoms with Gasteiger partial charge in [-0.2, -0.15) is 0 Å². The molecule has 2 atom stereocenters. The Morgan fingerprint density at radius 2 is 1.52 bits per heavy atom. The summed E-state index contributed by atoms with van der Waals surface area (Å²) in [6.45, 7) is 11.0. The first-order valence-corrected chi connectivity index (χ1v) is 8.27. The molecule has 0 radical (unpaired) electrons. The van der Waals surface area contributed by atoms with Crippen molar-refractivity contribution in [3.8, 4) is 0 Å². The monoisotopic (exact) mass is 345 g/mol. The van der Waals surface area contributed by atoms with Crippen LogP contribution in [0.5, 0.6) is 0 Å². The lowest BCUT2D eigenvalue weighted by molar-refractivity contribution is 0.493. The van der Waals surface area contributed by atoms with Gasteiger partial charge in [0.2, 0.25) is 0 Å². The van der Waals surface area contributed by atoms with Crippen LogP contribution in [0.15, 0.2) is 40.9 Å². The van der Waals surface area contributed by atoms with Crippen molar-refractivity contribution < 1.29 is 0 Å². The van der Waals surface area contributed by atoms with Crippen LogP contribution in [0.1, 0.15) is 53.7 Å². The highest BCUT2D eigenvalue weighted by atomic mass is 79.9. The van der Waals surface area contributed by atoms with Crippen LogP contribution in [0, 0.1) is 20.8 Å². The van der Waals surface area contributed by atoms with Crippen LogP contribution >= 0.6 is 15.9 Å². The third-order valence-corrected chi connectivity index (χ3v) is 4.69. The first kappa shape index (κ1) is 16.3. The van der Waals surface area contributed by atoms with Gasteiger partial charge in [-0.25, -0.2) is 0 Å². The van der Waals surface area contributed by atoms with Gasteiger partial charge in [0.15, 0.2) is 0 Å². The standard InChI is InChI=1S/C19H24BrN/c1-12-9-14(3)19(10-13(12)2)16(5)21-15(4)17-7-6-8-18(20)11-17/h6-11,15-16,21H,1-5H3/t15-,16?/m0/s1. The van der Waals surface area contributed by atoms with Gasteiger partial charge < -0.3 is 5.32 Å². The summed E-state index contributed by atoms with van der Waals surface area (Å²) >= 11 is 3.54. The largest absolute Gasteiger partial charge is 0.304 e. The van der Waals surface area contributed by atoms with Gasteiger partial charge in [-0.3, -0.25) is 0 Å². The summed E-state index contributed by atoms with van der Waals surface area (Å²) in [5, 5.41) is 3.71. The summed E-state index contributed by atoms with van der Waals surface area (Å²) in [6.07, 6.45) is 0. The fraction of sp³-hybridized carbons (Fsp3) is 0.368. The molecule has 0 spiro atoms. The van der Waals surface area contributed by atoms with E-state index in [-0.39, 0.29) is 0 Å². The van der Waals surface area contributed by atoms with Gasteiger partial charge in [0.25, 0.3) is 0 Å². The molecule has 0 bridgehead atoms. The maximum absolute atomic E-state index is 3.71. The van der Waals surface area contributed by atoms with E-state index in [1.54, 1.807) is 0 Å². The van der Waals surface area contributed by atoms with Crippen LogP contribution in [0.25, 0.3) is 0 Å². The van der Waals surface area contributed by atoms with Crippen LogP contribution in [0.3, 0.4) is 0 Å². The van der Waals surface area contributed by atoms with Crippen molar-refractivity contribution in [3.63, 3.8) is 0 Å². The Morgan fingerprint density at radius 3 is 2.19 bits per heavy atom. The first-order valence-electron chi connectivity index (χ1n) is 7.47. The number of halogens is 1. The zero-order valence-electron chi connectivity index (χ0n) is 13.5. The second-order valence-electron chi connectivity index (χ2n) is 5.96. The Bertz CT molecular complexity index is 633. The highest BCUT2D eigenvalue weighted by molar-refractivity contribution is 9.10. The Kier molecular flexibility index (Phi) is 5.23. The fourth-order valence-electron chi connectivity index (χ4n) is 2.79. The summed E-state index contributed by atoms with van der Waals surface area (Å²) in [5.41, 5.74) is 6.78. The number of hydrogen-bond donors (Lipinski definition) is 1. The average Bonchev–Trinajstić information content (AvgIpc) is 2.42. The molecule has 0 aromatic heterocycles. The van der Waals surface area contributed by atoms with Crippen molar-refractivity contribution >= 4 is 15.9 Å². The van der Waals surface area contributed by atoms with E-state index in [0.29, 0.717) is 12.1 Å². The third-order valence-electron chi connectivity index (χ3n) is 4.20. The maximum atomic E-state index is 3.71. The lowest BCUT2D eigenvalue weighted by Gasteiger charge is -2.23. The molecule has 0 fully saturated rings. The molecule has 0 aliphatic rings. The molecule has 21 heavy (non-hydrogen) atoms. The van der Waals surface area contributed by atoms with Gasteiger partial charge in [0.1, 0.15) is 0 Å². The molecule has 0 aliphatic heterocycles. The minimum absolute atomic E-state index is 0.318. The van der Waals surface area contributed by atoms with Crippen molar-refractivity contribution in [2.45, 2.75) is 46.7 Å². The first-order chi connectivity index (χ1) is 9.88. The molecule has 0 saturated heterocycles. The molecule has 1 N–H and O–H groups in total. The van der Waals surface area contributed by atoms with Crippen molar-refractivity contribution in [3.05, 3.63) is 68.7 Å². The zero-order valence-corrected chi connectivity index (χ0v) is 15.1. The molecule has 1 unspecified atom stereocenters. The molecule has 0 amide bonds. The number of rotatable bonds is 4. The summed E-state index contributed by atoms with van der Waals surface area (Å²) in [6, 6.07) is 13.7. The summed E-state index contributed by atoms with van der Waals surface area (Å²) in [5.74, 6) is 0. The van der Waals surface area contributed by atoms with E-state index in [9.17, 15) is 0 Å². The van der Waals surface area contributed by atoms with E-state index < -0.39 is 0 Å². The molecule has 2 aromatic carbocycles. The third kappa shape index (κ3) is 3.96. The molecular formula is C19H24BrN. The molecule has 1 nitrogen and oxygen atoms in total. The second kappa shape index (κ2) is 6.76. The van der Waals surface area contributed by atoms with Crippen molar-refractivity contribution in [1.82, 2.24) is 5.32 Å². The molecule has 2 rings (SSSR count). The van der Waals surface area contributed by atoms with E-state index in [4.69, 9.17) is 0 Å². The Balaban J connectivity index is 2.18. The van der Waals surface area contributed by atoms with Gasteiger partial charge in [-0.1, -0.05) is 40.2 Å². The lowest BCUT2D eigenvalue weighted by Crippen LogP contribution is -2.23. The molecule has 0 heterocycles. The van der Waals surface area contributed by atoms with Crippen molar-refractivity contribution in [1.29, 1.82) is 0 Å². The van der Waals surface area contributed by atoms with Gasteiger partial charge in [-0.15, -0.1) is 0 Å². The average molecular weight is 346 g/mol. The van der Waals surface area contributed by atoms with E-state index in [1.165, 1.54) is 27.8 Å². The van der Waals surface area contributed by atoms with Crippen LogP contribution in [0.2, 0.25) is 0 Å². The second-order valence-corrected chi connectivity index (χ2v) is 6.87. The fourth-order valence-corrected chi connectivity index (χ4v) is 3.20. The van der Waals surface area contributed by atoms with E-state index >= 15 is 0 Å². The molecular weight excluding hydrogens is 322 g/mol. The van der Waals surface area contributed by atoms with Gasteiger partial charge in [-0.05, 0) is 74.6 Å². The van der Waals surface area contributed by atoms with Crippen molar-refractivity contribution in [2.24, 2.45) is 0 Å². The number of aryl methyl sites for hydroxylation is 3. The highest BCUT2D eigenvalue weighted by Gasteiger charge is 2.14. The summed E-state index contributed by atoms with van der Waals surface area (Å²) in [7, 11) is 0. The van der Waals surface area contributed by atoms with Crippen LogP contribution in [0.4, 0.5) is 0 Å². The Hall–Kier alpha value is -1.12. The Labute approximate surface area is 136 Å². The van der Waals surface area contributed by atoms with Gasteiger partial charge in [0.05, 0.1) is 0 Å². The van der Waals surface area contributed by atoms with E-state index in [0.717, 1.165) is 4.47 Å². The maximum Gasteiger partial charge on any atom is 0.0300 e. The van der Waals surface area contributed by atoms with Gasteiger partial charge >= 0.3 is 0 Å². The normalized spacial score (nSPS) is 14.0. The molecule has 112 valence electrons. The van der Waals surface area contributed by atoms with E-state index in [2.05, 4.69) is 92.3 Å². The predicted molar refractivity (Wildman–Crippen MR) is 94.8 cm³/mol. The quantitative estimate of drug-likeness (QED) is 0.739. The number of benzene rings is 2. The van der Waals surface area contributed by atoms with Crippen LogP contribution in [-0.2, 0) is 0 Å². The lowest BCUT2D eigenvalue weighted by atomic mass is 9.95. The minimum atomic E-state index is 0.318. The highest BCUT2D eigenvalue weighted by Crippen LogP contribution is 2.25. The zero-order chi connectivity index (χ0) is 15.6. The number of hydrogen-bond acceptors (Lipinski definition) is 1. The SMILES string of the molecule is Cc1cc(C)c(C(C)N[C@@H](C)c2cccc(Br)c2)cc1C. The number of nitrogens with one attached hydrogen (secondary N) is 1. The van der Waals surface area contributed by atoms with Crippen LogP contribution < -0.4 is 5.32 Å². The van der Waals surface area contributed by atoms with Crippen molar-refractivity contribution in [2.75, 3.05) is 0 Å². The van der Waals surface area contributed by atoms with Crippen LogP contribution in [-0.4, -0.2) is 0 Å². The molecule has 2 heteroatoms. The smallest absolute Gasteiger partial charge is 0.0300 e. The summed E-state index contributed by atoms with van der Waals surface area (Å²) < 4.78 is 1.13. The minimum Gasteiger partial charge on any atom is -0.304 e. The molecule has 2 aromatic rings.